The molecule has 4 aromatic carbocycles. The molecule has 0 radical (unpaired) electrons. The van der Waals surface area contributed by atoms with Gasteiger partial charge in [0.05, 0.1) is 31.2 Å². The highest BCUT2D eigenvalue weighted by molar-refractivity contribution is 6.19. The summed E-state index contributed by atoms with van der Waals surface area (Å²) in [6.45, 7) is 2.60. The Morgan fingerprint density at radius 2 is 1.70 bits per heavy atom. The van der Waals surface area contributed by atoms with Crippen molar-refractivity contribution >= 4 is 63.4 Å². The number of aromatic hydroxyl groups is 1. The van der Waals surface area contributed by atoms with Crippen molar-refractivity contribution in [3.05, 3.63) is 131 Å². The maximum atomic E-state index is 14.4. The lowest BCUT2D eigenvalue weighted by molar-refractivity contribution is 0.0686. The predicted octanol–water partition coefficient (Wildman–Crippen LogP) is 6.81. The van der Waals surface area contributed by atoms with Crippen molar-refractivity contribution in [3.63, 3.8) is 0 Å². The van der Waals surface area contributed by atoms with Crippen molar-refractivity contribution in [2.24, 2.45) is 0 Å². The van der Waals surface area contributed by atoms with Gasteiger partial charge in [-0.05, 0) is 65.4 Å². The molecular formula is C45H45ClN6O9. The van der Waals surface area contributed by atoms with Crippen molar-refractivity contribution in [1.29, 1.82) is 0 Å². The fourth-order valence-corrected chi connectivity index (χ4v) is 7.45. The van der Waals surface area contributed by atoms with Crippen molar-refractivity contribution in [2.45, 2.75) is 19.4 Å². The smallest absolute Gasteiger partial charge is 0.415 e. The first-order valence-corrected chi connectivity index (χ1v) is 20.2. The van der Waals surface area contributed by atoms with Crippen LogP contribution in [-0.4, -0.2) is 112 Å². The van der Waals surface area contributed by atoms with Gasteiger partial charge in [-0.2, -0.15) is 0 Å². The molecule has 2 aromatic heterocycles. The Labute approximate surface area is 356 Å². The van der Waals surface area contributed by atoms with Gasteiger partial charge in [-0.3, -0.25) is 9.59 Å². The van der Waals surface area contributed by atoms with E-state index < -0.39 is 18.1 Å². The lowest BCUT2D eigenvalue weighted by Crippen LogP contribution is -2.42. The zero-order valence-electron chi connectivity index (χ0n) is 33.6. The molecule has 0 saturated heterocycles. The average Bonchev–Trinajstić information content (AvgIpc) is 3.87. The number of ether oxygens (including phenoxy) is 3. The van der Waals surface area contributed by atoms with Gasteiger partial charge >= 0.3 is 12.2 Å². The van der Waals surface area contributed by atoms with E-state index in [0.29, 0.717) is 28.0 Å². The van der Waals surface area contributed by atoms with Crippen LogP contribution >= 0.6 is 11.6 Å². The number of phenols is 1. The summed E-state index contributed by atoms with van der Waals surface area (Å²) in [7, 11) is 1.58. The van der Waals surface area contributed by atoms with Crippen LogP contribution in [0.5, 0.6) is 11.5 Å². The van der Waals surface area contributed by atoms with Crippen molar-refractivity contribution in [2.75, 3.05) is 69.1 Å². The molecule has 6 aromatic rings. The van der Waals surface area contributed by atoms with Crippen LogP contribution in [0.25, 0.3) is 16.4 Å². The molecule has 4 amide bonds. The molecule has 316 valence electrons. The largest absolute Gasteiger partial charge is 0.508 e. The molecule has 0 aliphatic carbocycles. The summed E-state index contributed by atoms with van der Waals surface area (Å²) < 4.78 is 18.8. The van der Waals surface area contributed by atoms with Gasteiger partial charge in [-0.1, -0.05) is 48.5 Å². The molecule has 0 unspecified atom stereocenters. The maximum Gasteiger partial charge on any atom is 0.415 e. The third kappa shape index (κ3) is 9.70. The highest BCUT2D eigenvalue weighted by Crippen LogP contribution is 2.47. The standard InChI is InChI=1S/C45H45ClN6O9/c1-29-7-6-10-35-38(61-45(58)50(19-21-59-22-20-53)18-17-49(2)44(57)60-28-30-8-4-3-5-9-30)23-37-41(40(29)35)32(24-46)25-52(37)43(56)36-27-51-26-33(13-16-39(51)48-36)47-42(55)31-11-14-34(54)15-12-31/h3-16,23,26-27,32,53-54H,17-22,24-25,28H2,1-2H3,(H,47,55)/t32-/m1/s1. The quantitative estimate of drug-likeness (QED) is 0.0735. The summed E-state index contributed by atoms with van der Waals surface area (Å²) in [6.07, 6.45) is 1.97. The summed E-state index contributed by atoms with van der Waals surface area (Å²) >= 11 is 6.59. The second-order valence-electron chi connectivity index (χ2n) is 14.5. The van der Waals surface area contributed by atoms with E-state index in [0.717, 1.165) is 22.1 Å². The minimum Gasteiger partial charge on any atom is -0.508 e. The summed E-state index contributed by atoms with van der Waals surface area (Å²) in [4.78, 5) is 63.1. The van der Waals surface area contributed by atoms with Crippen LogP contribution in [0.4, 0.5) is 21.0 Å². The maximum absolute atomic E-state index is 14.4. The number of pyridine rings is 1. The van der Waals surface area contributed by atoms with Gasteiger partial charge in [-0.15, -0.1) is 11.6 Å². The molecule has 0 bridgehead atoms. The van der Waals surface area contributed by atoms with Crippen molar-refractivity contribution in [3.8, 4) is 11.5 Å². The zero-order valence-corrected chi connectivity index (χ0v) is 34.4. The number of aryl methyl sites for hydroxylation is 1. The number of carbonyl (C=O) groups excluding carboxylic acids is 4. The fraction of sp³-hybridized carbons (Fsp3) is 0.267. The minimum atomic E-state index is -0.708. The molecule has 1 atom stereocenters. The number of aliphatic hydroxyl groups excluding tert-OH is 1. The van der Waals surface area contributed by atoms with E-state index in [1.807, 2.05) is 55.5 Å². The Morgan fingerprint density at radius 1 is 0.918 bits per heavy atom. The van der Waals surface area contributed by atoms with Crippen LogP contribution < -0.4 is 15.0 Å². The average molecular weight is 849 g/mol. The topological polar surface area (TPSA) is 175 Å². The van der Waals surface area contributed by atoms with Crippen molar-refractivity contribution in [1.82, 2.24) is 19.2 Å². The molecule has 1 aliphatic rings. The summed E-state index contributed by atoms with van der Waals surface area (Å²) in [6, 6.07) is 25.9. The van der Waals surface area contributed by atoms with E-state index in [4.69, 9.17) is 25.8 Å². The first-order chi connectivity index (χ1) is 29.5. The fourth-order valence-electron chi connectivity index (χ4n) is 7.20. The van der Waals surface area contributed by atoms with E-state index in [2.05, 4.69) is 10.3 Å². The molecule has 0 fully saturated rings. The van der Waals surface area contributed by atoms with Gasteiger partial charge in [0.1, 0.15) is 29.4 Å². The van der Waals surface area contributed by atoms with Crippen LogP contribution in [0.1, 0.15) is 43.5 Å². The summed E-state index contributed by atoms with van der Waals surface area (Å²) in [5.41, 5.74) is 4.56. The second-order valence-corrected chi connectivity index (χ2v) is 14.8. The Balaban J connectivity index is 1.13. The SMILES string of the molecule is Cc1cccc2c(OC(=O)N(CCOCCO)CCN(C)C(=O)OCc3ccccc3)cc3c(c12)[C@H](CCl)CN3C(=O)c1cn2cc(NC(=O)c3ccc(O)cc3)ccc2n1. The first-order valence-electron chi connectivity index (χ1n) is 19.6. The molecule has 16 heteroatoms. The number of anilines is 2. The number of aromatic nitrogens is 2. The number of carbonyl (C=O) groups is 4. The predicted molar refractivity (Wildman–Crippen MR) is 230 cm³/mol. The first kappa shape index (κ1) is 42.4. The Hall–Kier alpha value is -6.68. The number of nitrogens with zero attached hydrogens (tertiary/aromatic N) is 5. The molecule has 7 rings (SSSR count). The highest BCUT2D eigenvalue weighted by atomic mass is 35.5. The van der Waals surface area contributed by atoms with Gasteiger partial charge in [0, 0.05) is 74.4 Å². The lowest BCUT2D eigenvalue weighted by Gasteiger charge is -2.26. The number of nitrogens with one attached hydrogen (secondary N) is 1. The Bertz CT molecular complexity index is 2550. The number of hydrogen-bond acceptors (Lipinski definition) is 10. The van der Waals surface area contributed by atoms with E-state index >= 15 is 0 Å². The normalized spacial score (nSPS) is 13.2. The van der Waals surface area contributed by atoms with E-state index in [9.17, 15) is 29.4 Å². The number of hydrogen-bond donors (Lipinski definition) is 3. The number of phenolic OH excluding ortho intramolecular Hbond substituents is 1. The van der Waals surface area contributed by atoms with Gasteiger partial charge < -0.3 is 48.8 Å². The number of rotatable bonds is 15. The number of fused-ring (bicyclic) bond motifs is 4. The molecule has 3 heterocycles. The second kappa shape index (κ2) is 19.1. The third-order valence-corrected chi connectivity index (χ3v) is 10.7. The Morgan fingerprint density at radius 3 is 2.46 bits per heavy atom. The third-order valence-electron chi connectivity index (χ3n) is 10.4. The van der Waals surface area contributed by atoms with E-state index in [1.54, 1.807) is 46.9 Å². The monoisotopic (exact) mass is 848 g/mol. The number of imidazole rings is 1. The molecule has 15 nitrogen and oxygen atoms in total. The van der Waals surface area contributed by atoms with Gasteiger partial charge in [0.2, 0.25) is 0 Å². The van der Waals surface area contributed by atoms with Crippen LogP contribution in [0.2, 0.25) is 0 Å². The number of benzene rings is 4. The van der Waals surface area contributed by atoms with Gasteiger partial charge in [-0.25, -0.2) is 14.6 Å². The van der Waals surface area contributed by atoms with Gasteiger partial charge in [0.15, 0.2) is 0 Å². The van der Waals surface area contributed by atoms with E-state index in [-0.39, 0.29) is 87.5 Å². The molecule has 0 spiro atoms. The number of alkyl halides is 1. The number of amides is 4. The van der Waals surface area contributed by atoms with Crippen LogP contribution in [0.15, 0.2) is 103 Å². The van der Waals surface area contributed by atoms with Crippen LogP contribution in [-0.2, 0) is 16.1 Å². The van der Waals surface area contributed by atoms with Crippen LogP contribution in [0.3, 0.4) is 0 Å². The minimum absolute atomic E-state index is 0.0476. The molecular weight excluding hydrogens is 804 g/mol. The molecule has 61 heavy (non-hydrogen) atoms. The van der Waals surface area contributed by atoms with Crippen LogP contribution in [0, 0.1) is 6.92 Å². The number of likely N-dealkylation sites (N-methyl/N-ethyl adjacent to an activating group) is 1. The molecule has 1 aliphatic heterocycles. The number of aliphatic hydroxyl groups is 1. The summed E-state index contributed by atoms with van der Waals surface area (Å²) in [5, 5.41) is 23.1. The zero-order chi connectivity index (χ0) is 43.0. The van der Waals surface area contributed by atoms with E-state index in [1.165, 1.54) is 34.1 Å². The molecule has 3 N–H and O–H groups in total. The number of halogens is 1. The molecule has 0 saturated carbocycles. The highest BCUT2D eigenvalue weighted by Gasteiger charge is 2.37. The van der Waals surface area contributed by atoms with Gasteiger partial charge in [0.25, 0.3) is 11.8 Å². The summed E-state index contributed by atoms with van der Waals surface area (Å²) in [5.74, 6) is -0.534. The lowest BCUT2D eigenvalue weighted by atomic mass is 9.92. The van der Waals surface area contributed by atoms with Crippen molar-refractivity contribution < 1.29 is 43.6 Å². The Kier molecular flexibility index (Phi) is 13.3.